The summed E-state index contributed by atoms with van der Waals surface area (Å²) in [7, 11) is 0. The van der Waals surface area contributed by atoms with E-state index in [4.69, 9.17) is 0 Å². The molecule has 0 unspecified atom stereocenters. The number of benzene rings is 1. The zero-order chi connectivity index (χ0) is 12.3. The Balaban J connectivity index is 2.83. The van der Waals surface area contributed by atoms with E-state index in [-0.39, 0.29) is 16.3 Å². The summed E-state index contributed by atoms with van der Waals surface area (Å²) in [4.78, 5) is 0. The lowest BCUT2D eigenvalue weighted by molar-refractivity contribution is -0.274. The maximum Gasteiger partial charge on any atom is 0.573 e. The van der Waals surface area contributed by atoms with E-state index in [2.05, 4.69) is 26.0 Å². The summed E-state index contributed by atoms with van der Waals surface area (Å²) in [5.74, 6) is -0.248. The van der Waals surface area contributed by atoms with Gasteiger partial charge in [0, 0.05) is 11.7 Å². The van der Waals surface area contributed by atoms with Gasteiger partial charge in [-0.05, 0) is 48.0 Å². The van der Waals surface area contributed by atoms with Crippen molar-refractivity contribution in [3.63, 3.8) is 0 Å². The molecule has 90 valence electrons. The van der Waals surface area contributed by atoms with Gasteiger partial charge in [0.25, 0.3) is 0 Å². The van der Waals surface area contributed by atoms with Crippen molar-refractivity contribution in [2.75, 3.05) is 5.32 Å². The Morgan fingerprint density at radius 1 is 1.31 bits per heavy atom. The fourth-order valence-corrected chi connectivity index (χ4v) is 1.59. The van der Waals surface area contributed by atoms with Crippen molar-refractivity contribution in [3.8, 4) is 5.75 Å². The highest BCUT2D eigenvalue weighted by molar-refractivity contribution is 9.10. The summed E-state index contributed by atoms with van der Waals surface area (Å²) in [6, 6.07) is 4.55. The number of hydrogen-bond donors (Lipinski definition) is 1. The third-order valence-electron chi connectivity index (χ3n) is 1.61. The SMILES string of the molecule is CC(C)Nc1ccc(OC(F)(F)F)c(Br)c1. The Morgan fingerprint density at radius 2 is 1.94 bits per heavy atom. The number of rotatable bonds is 3. The van der Waals surface area contributed by atoms with Crippen molar-refractivity contribution in [1.82, 2.24) is 0 Å². The monoisotopic (exact) mass is 297 g/mol. The third kappa shape index (κ3) is 4.30. The van der Waals surface area contributed by atoms with Crippen molar-refractivity contribution in [3.05, 3.63) is 22.7 Å². The zero-order valence-corrected chi connectivity index (χ0v) is 10.3. The van der Waals surface area contributed by atoms with Crippen LogP contribution in [0.3, 0.4) is 0 Å². The Labute approximate surface area is 99.9 Å². The normalized spacial score (nSPS) is 11.7. The number of nitrogens with one attached hydrogen (secondary N) is 1. The third-order valence-corrected chi connectivity index (χ3v) is 2.23. The van der Waals surface area contributed by atoms with Gasteiger partial charge in [0.15, 0.2) is 0 Å². The predicted octanol–water partition coefficient (Wildman–Crippen LogP) is 4.17. The number of hydrogen-bond acceptors (Lipinski definition) is 2. The van der Waals surface area contributed by atoms with Gasteiger partial charge in [-0.1, -0.05) is 0 Å². The van der Waals surface area contributed by atoms with E-state index < -0.39 is 6.36 Å². The average molecular weight is 298 g/mol. The van der Waals surface area contributed by atoms with Gasteiger partial charge in [-0.2, -0.15) is 0 Å². The molecule has 1 rings (SSSR count). The predicted molar refractivity (Wildman–Crippen MR) is 59.6 cm³/mol. The summed E-state index contributed by atoms with van der Waals surface area (Å²) >= 11 is 3.02. The summed E-state index contributed by atoms with van der Waals surface area (Å²) in [6.45, 7) is 3.88. The molecule has 0 heterocycles. The van der Waals surface area contributed by atoms with Crippen LogP contribution in [0.2, 0.25) is 0 Å². The van der Waals surface area contributed by atoms with Gasteiger partial charge in [0.2, 0.25) is 0 Å². The minimum Gasteiger partial charge on any atom is -0.405 e. The Bertz CT molecular complexity index is 366. The van der Waals surface area contributed by atoms with E-state index in [1.807, 2.05) is 13.8 Å². The molecule has 0 atom stereocenters. The number of halogens is 4. The van der Waals surface area contributed by atoms with Crippen molar-refractivity contribution in [2.24, 2.45) is 0 Å². The van der Waals surface area contributed by atoms with Gasteiger partial charge in [-0.3, -0.25) is 0 Å². The summed E-state index contributed by atoms with van der Waals surface area (Å²) in [6.07, 6.45) is -4.67. The van der Waals surface area contributed by atoms with Crippen LogP contribution in [-0.4, -0.2) is 12.4 Å². The van der Waals surface area contributed by atoms with E-state index in [9.17, 15) is 13.2 Å². The molecule has 1 aromatic carbocycles. The van der Waals surface area contributed by atoms with Crippen LogP contribution in [0.5, 0.6) is 5.75 Å². The van der Waals surface area contributed by atoms with Crippen LogP contribution >= 0.6 is 15.9 Å². The van der Waals surface area contributed by atoms with E-state index in [0.29, 0.717) is 0 Å². The second kappa shape index (κ2) is 4.95. The lowest BCUT2D eigenvalue weighted by Gasteiger charge is -2.13. The van der Waals surface area contributed by atoms with Gasteiger partial charge in [-0.25, -0.2) is 0 Å². The quantitative estimate of drug-likeness (QED) is 0.904. The molecule has 0 aliphatic heterocycles. The molecule has 16 heavy (non-hydrogen) atoms. The van der Waals surface area contributed by atoms with E-state index in [0.717, 1.165) is 5.69 Å². The van der Waals surface area contributed by atoms with Crippen molar-refractivity contribution in [2.45, 2.75) is 26.3 Å². The topological polar surface area (TPSA) is 21.3 Å². The number of anilines is 1. The minimum atomic E-state index is -4.67. The fraction of sp³-hybridized carbons (Fsp3) is 0.400. The molecule has 1 aromatic rings. The fourth-order valence-electron chi connectivity index (χ4n) is 1.13. The molecule has 0 amide bonds. The minimum absolute atomic E-state index is 0.210. The largest absolute Gasteiger partial charge is 0.573 e. The van der Waals surface area contributed by atoms with E-state index in [1.54, 1.807) is 6.07 Å². The molecule has 0 aromatic heterocycles. The van der Waals surface area contributed by atoms with Crippen LogP contribution < -0.4 is 10.1 Å². The summed E-state index contributed by atoms with van der Waals surface area (Å²) in [5.41, 5.74) is 0.733. The average Bonchev–Trinajstić information content (AvgIpc) is 2.06. The first-order valence-electron chi connectivity index (χ1n) is 4.60. The summed E-state index contributed by atoms with van der Waals surface area (Å²) in [5, 5.41) is 3.07. The molecule has 0 aliphatic rings. The molecule has 0 saturated heterocycles. The molecule has 0 bridgehead atoms. The first kappa shape index (κ1) is 13.2. The second-order valence-electron chi connectivity index (χ2n) is 3.49. The van der Waals surface area contributed by atoms with Gasteiger partial charge in [-0.15, -0.1) is 13.2 Å². The lowest BCUT2D eigenvalue weighted by atomic mass is 10.2. The smallest absolute Gasteiger partial charge is 0.405 e. The highest BCUT2D eigenvalue weighted by Gasteiger charge is 2.31. The van der Waals surface area contributed by atoms with Gasteiger partial charge < -0.3 is 10.1 Å². The molecule has 0 spiro atoms. The van der Waals surface area contributed by atoms with Crippen molar-refractivity contribution >= 4 is 21.6 Å². The molecule has 1 N–H and O–H groups in total. The number of alkyl halides is 3. The lowest BCUT2D eigenvalue weighted by Crippen LogP contribution is -2.17. The van der Waals surface area contributed by atoms with Crippen LogP contribution in [0, 0.1) is 0 Å². The van der Waals surface area contributed by atoms with Gasteiger partial charge in [0.1, 0.15) is 5.75 Å². The van der Waals surface area contributed by atoms with E-state index >= 15 is 0 Å². The Kier molecular flexibility index (Phi) is 4.07. The molecular weight excluding hydrogens is 287 g/mol. The molecule has 2 nitrogen and oxygen atoms in total. The highest BCUT2D eigenvalue weighted by Crippen LogP contribution is 2.32. The van der Waals surface area contributed by atoms with Crippen molar-refractivity contribution < 1.29 is 17.9 Å². The standard InChI is InChI=1S/C10H11BrF3NO/c1-6(2)15-7-3-4-9(8(11)5-7)16-10(12,13)14/h3-6,15H,1-2H3. The molecule has 0 radical (unpaired) electrons. The molecule has 0 saturated carbocycles. The maximum absolute atomic E-state index is 12.0. The first-order valence-corrected chi connectivity index (χ1v) is 5.39. The zero-order valence-electron chi connectivity index (χ0n) is 8.73. The molecule has 0 aliphatic carbocycles. The molecule has 0 fully saturated rings. The van der Waals surface area contributed by atoms with Crippen LogP contribution in [0.15, 0.2) is 22.7 Å². The van der Waals surface area contributed by atoms with Gasteiger partial charge in [0.05, 0.1) is 4.47 Å². The van der Waals surface area contributed by atoms with Crippen LogP contribution in [0.1, 0.15) is 13.8 Å². The second-order valence-corrected chi connectivity index (χ2v) is 4.35. The maximum atomic E-state index is 12.0. The van der Waals surface area contributed by atoms with Gasteiger partial charge >= 0.3 is 6.36 Å². The van der Waals surface area contributed by atoms with E-state index in [1.165, 1.54) is 12.1 Å². The Hall–Kier alpha value is -0.910. The molecule has 6 heteroatoms. The summed E-state index contributed by atoms with van der Waals surface area (Å²) < 4.78 is 40.0. The first-order chi connectivity index (χ1) is 7.28. The van der Waals surface area contributed by atoms with Crippen LogP contribution in [-0.2, 0) is 0 Å². The van der Waals surface area contributed by atoms with Crippen LogP contribution in [0.4, 0.5) is 18.9 Å². The van der Waals surface area contributed by atoms with Crippen LogP contribution in [0.25, 0.3) is 0 Å². The highest BCUT2D eigenvalue weighted by atomic mass is 79.9. The Morgan fingerprint density at radius 3 is 2.38 bits per heavy atom. The number of ether oxygens (including phenoxy) is 1. The van der Waals surface area contributed by atoms with Crippen molar-refractivity contribution in [1.29, 1.82) is 0 Å². The molecular formula is C10H11BrF3NO.